The van der Waals surface area contributed by atoms with Crippen molar-refractivity contribution in [3.63, 3.8) is 0 Å². The third-order valence-electron chi connectivity index (χ3n) is 4.09. The molecule has 0 aliphatic carbocycles. The fourth-order valence-corrected chi connectivity index (χ4v) is 4.39. The molecule has 28 heavy (non-hydrogen) atoms. The van der Waals surface area contributed by atoms with Gasteiger partial charge in [0.05, 0.1) is 10.6 Å². The molecular formula is C19H23N3O5S. The molecule has 0 saturated heterocycles. The summed E-state index contributed by atoms with van der Waals surface area (Å²) in [5.74, 6) is -0.480. The third kappa shape index (κ3) is 5.07. The number of hydrogen-bond donors (Lipinski definition) is 1. The molecule has 1 unspecified atom stereocenters. The molecule has 9 heteroatoms. The molecule has 0 aliphatic heterocycles. The summed E-state index contributed by atoms with van der Waals surface area (Å²) in [7, 11) is -4.34. The number of rotatable bonds is 9. The molecule has 1 N–H and O–H groups in total. The molecule has 0 fully saturated rings. The van der Waals surface area contributed by atoms with Crippen LogP contribution in [0.3, 0.4) is 0 Å². The number of anilines is 1. The molecule has 0 heterocycles. The van der Waals surface area contributed by atoms with E-state index in [-0.39, 0.29) is 11.7 Å². The number of nitrogens with zero attached hydrogens (tertiary/aromatic N) is 2. The standard InChI is InChI=1S/C19H23N3O5S/c1-3-9-15(2)20-19(23)14-21(16-10-5-4-6-11-16)28(26,27)18-13-8-7-12-17(18)22(24)25/h4-8,10-13,15H,3,9,14H2,1-2H3,(H,20,23). The number of nitro benzene ring substituents is 1. The van der Waals surface area contributed by atoms with Crippen LogP contribution in [0, 0.1) is 10.1 Å². The molecule has 0 aromatic heterocycles. The van der Waals surface area contributed by atoms with Gasteiger partial charge in [-0.3, -0.25) is 19.2 Å². The van der Waals surface area contributed by atoms with Crippen molar-refractivity contribution in [3.05, 3.63) is 64.7 Å². The van der Waals surface area contributed by atoms with E-state index in [9.17, 15) is 23.3 Å². The Bertz CT molecular complexity index is 932. The van der Waals surface area contributed by atoms with Crippen LogP contribution in [0.4, 0.5) is 11.4 Å². The van der Waals surface area contributed by atoms with E-state index in [1.165, 1.54) is 30.3 Å². The molecule has 2 aromatic carbocycles. The lowest BCUT2D eigenvalue weighted by atomic mass is 10.2. The van der Waals surface area contributed by atoms with Crippen LogP contribution in [-0.4, -0.2) is 31.8 Å². The molecule has 2 aromatic rings. The molecule has 0 spiro atoms. The molecule has 150 valence electrons. The maximum atomic E-state index is 13.2. The molecule has 1 amide bonds. The van der Waals surface area contributed by atoms with Crippen LogP contribution >= 0.6 is 0 Å². The summed E-state index contributed by atoms with van der Waals surface area (Å²) in [6, 6.07) is 13.0. The molecule has 1 atom stereocenters. The number of carbonyl (C=O) groups excluding carboxylic acids is 1. The fourth-order valence-electron chi connectivity index (χ4n) is 2.81. The van der Waals surface area contributed by atoms with Gasteiger partial charge < -0.3 is 5.32 Å². The molecule has 2 rings (SSSR count). The minimum absolute atomic E-state index is 0.108. The van der Waals surface area contributed by atoms with Crippen LogP contribution in [0.15, 0.2) is 59.5 Å². The zero-order valence-electron chi connectivity index (χ0n) is 15.7. The van der Waals surface area contributed by atoms with Crippen molar-refractivity contribution in [2.45, 2.75) is 37.6 Å². The van der Waals surface area contributed by atoms with Gasteiger partial charge in [0.2, 0.25) is 5.91 Å². The van der Waals surface area contributed by atoms with E-state index in [0.717, 1.165) is 23.2 Å². The van der Waals surface area contributed by atoms with Gasteiger partial charge in [0.25, 0.3) is 15.7 Å². The Labute approximate surface area is 164 Å². The first-order chi connectivity index (χ1) is 13.3. The van der Waals surface area contributed by atoms with E-state index in [2.05, 4.69) is 5.32 Å². The van der Waals surface area contributed by atoms with Gasteiger partial charge in [-0.15, -0.1) is 0 Å². The summed E-state index contributed by atoms with van der Waals surface area (Å²) in [5, 5.41) is 14.1. The second kappa shape index (κ2) is 9.32. The summed E-state index contributed by atoms with van der Waals surface area (Å²) in [5.41, 5.74) is -0.290. The van der Waals surface area contributed by atoms with Crippen LogP contribution in [0.5, 0.6) is 0 Å². The van der Waals surface area contributed by atoms with Gasteiger partial charge in [0.15, 0.2) is 4.90 Å². The van der Waals surface area contributed by atoms with Crippen molar-refractivity contribution >= 4 is 27.3 Å². The quantitative estimate of drug-likeness (QED) is 0.509. The van der Waals surface area contributed by atoms with E-state index >= 15 is 0 Å². The smallest absolute Gasteiger partial charge is 0.289 e. The molecule has 0 bridgehead atoms. The van der Waals surface area contributed by atoms with Crippen LogP contribution in [0.2, 0.25) is 0 Å². The van der Waals surface area contributed by atoms with Gasteiger partial charge in [0.1, 0.15) is 6.54 Å². The summed E-state index contributed by atoms with van der Waals surface area (Å²) in [4.78, 5) is 22.6. The number of nitrogens with one attached hydrogen (secondary N) is 1. The van der Waals surface area contributed by atoms with Crippen molar-refractivity contribution < 1.29 is 18.1 Å². The number of carbonyl (C=O) groups is 1. The van der Waals surface area contributed by atoms with Gasteiger partial charge in [0, 0.05) is 12.1 Å². The van der Waals surface area contributed by atoms with Gasteiger partial charge >= 0.3 is 0 Å². The molecule has 0 radical (unpaired) electrons. The zero-order chi connectivity index (χ0) is 20.7. The second-order valence-corrected chi connectivity index (χ2v) is 8.16. The van der Waals surface area contributed by atoms with Crippen molar-refractivity contribution in [2.75, 3.05) is 10.8 Å². The monoisotopic (exact) mass is 405 g/mol. The van der Waals surface area contributed by atoms with Gasteiger partial charge in [-0.2, -0.15) is 0 Å². The minimum atomic E-state index is -4.34. The first kappa shape index (κ1) is 21.4. The molecular weight excluding hydrogens is 382 g/mol. The first-order valence-corrected chi connectivity index (χ1v) is 10.3. The van der Waals surface area contributed by atoms with Gasteiger partial charge in [-0.25, -0.2) is 8.42 Å². The number of amides is 1. The summed E-state index contributed by atoms with van der Waals surface area (Å²) >= 11 is 0. The molecule has 0 aliphatic rings. The van der Waals surface area contributed by atoms with Gasteiger partial charge in [-0.05, 0) is 31.5 Å². The maximum Gasteiger partial charge on any atom is 0.289 e. The van der Waals surface area contributed by atoms with E-state index in [4.69, 9.17) is 0 Å². The highest BCUT2D eigenvalue weighted by molar-refractivity contribution is 7.93. The van der Waals surface area contributed by atoms with Crippen molar-refractivity contribution in [2.24, 2.45) is 0 Å². The van der Waals surface area contributed by atoms with Crippen LogP contribution in [0.1, 0.15) is 26.7 Å². The number of sulfonamides is 1. The highest BCUT2D eigenvalue weighted by Gasteiger charge is 2.33. The van der Waals surface area contributed by atoms with Crippen molar-refractivity contribution in [3.8, 4) is 0 Å². The number of hydrogen-bond acceptors (Lipinski definition) is 5. The maximum absolute atomic E-state index is 13.2. The normalized spacial score (nSPS) is 12.2. The Morgan fingerprint density at radius 1 is 1.14 bits per heavy atom. The second-order valence-electron chi connectivity index (χ2n) is 6.33. The molecule has 0 saturated carbocycles. The third-order valence-corrected chi connectivity index (χ3v) is 5.91. The lowest BCUT2D eigenvalue weighted by Gasteiger charge is -2.24. The van der Waals surface area contributed by atoms with Crippen molar-refractivity contribution in [1.29, 1.82) is 0 Å². The fraction of sp³-hybridized carbons (Fsp3) is 0.316. The lowest BCUT2D eigenvalue weighted by Crippen LogP contribution is -2.43. The highest BCUT2D eigenvalue weighted by atomic mass is 32.2. The SMILES string of the molecule is CCCC(C)NC(=O)CN(c1ccccc1)S(=O)(=O)c1ccccc1[N+](=O)[O-]. The van der Waals surface area contributed by atoms with Crippen LogP contribution in [0.25, 0.3) is 0 Å². The number of nitro groups is 1. The van der Waals surface area contributed by atoms with E-state index in [1.807, 2.05) is 13.8 Å². The Morgan fingerprint density at radius 2 is 1.75 bits per heavy atom. The topological polar surface area (TPSA) is 110 Å². The summed E-state index contributed by atoms with van der Waals surface area (Å²) in [6.07, 6.45) is 1.63. The molecule has 8 nitrogen and oxygen atoms in total. The summed E-state index contributed by atoms with van der Waals surface area (Å²) in [6.45, 7) is 3.34. The van der Waals surface area contributed by atoms with Gasteiger partial charge in [-0.1, -0.05) is 43.7 Å². The largest absolute Gasteiger partial charge is 0.352 e. The number of para-hydroxylation sites is 2. The lowest BCUT2D eigenvalue weighted by molar-refractivity contribution is -0.387. The Balaban J connectivity index is 2.45. The van der Waals surface area contributed by atoms with E-state index in [1.54, 1.807) is 18.2 Å². The minimum Gasteiger partial charge on any atom is -0.352 e. The highest BCUT2D eigenvalue weighted by Crippen LogP contribution is 2.29. The average molecular weight is 405 g/mol. The number of benzene rings is 2. The first-order valence-electron chi connectivity index (χ1n) is 8.88. The Hall–Kier alpha value is -2.94. The predicted octanol–water partition coefficient (Wildman–Crippen LogP) is 3.09. The van der Waals surface area contributed by atoms with Crippen LogP contribution < -0.4 is 9.62 Å². The zero-order valence-corrected chi connectivity index (χ0v) is 16.6. The summed E-state index contributed by atoms with van der Waals surface area (Å²) < 4.78 is 27.4. The Kier molecular flexibility index (Phi) is 7.11. The van der Waals surface area contributed by atoms with E-state index in [0.29, 0.717) is 0 Å². The predicted molar refractivity (Wildman–Crippen MR) is 107 cm³/mol. The Morgan fingerprint density at radius 3 is 2.36 bits per heavy atom. The van der Waals surface area contributed by atoms with Crippen LogP contribution in [-0.2, 0) is 14.8 Å². The average Bonchev–Trinajstić information content (AvgIpc) is 2.66. The van der Waals surface area contributed by atoms with Crippen molar-refractivity contribution in [1.82, 2.24) is 5.32 Å². The van der Waals surface area contributed by atoms with E-state index < -0.39 is 38.0 Å².